The van der Waals surface area contributed by atoms with E-state index in [-0.39, 0.29) is 11.8 Å². The molecule has 0 radical (unpaired) electrons. The topological polar surface area (TPSA) is 29.1 Å². The third-order valence-corrected chi connectivity index (χ3v) is 4.63. The van der Waals surface area contributed by atoms with Crippen molar-refractivity contribution in [3.8, 4) is 0 Å². The highest BCUT2D eigenvalue weighted by molar-refractivity contribution is 8.00. The van der Waals surface area contributed by atoms with Crippen LogP contribution >= 0.6 is 11.8 Å². The molecule has 78 valence electrons. The highest BCUT2D eigenvalue weighted by atomic mass is 32.2. The second-order valence-electron chi connectivity index (χ2n) is 4.25. The standard InChI is InChI=1S/C12H13NOS/c1-7(14)10-6-9-8-4-2-3-5-11(8)15-12(9)13-10/h2-5,9-10,12-13H,6H2,1H3. The molecule has 2 aliphatic heterocycles. The van der Waals surface area contributed by atoms with Gasteiger partial charge in [-0.15, -0.1) is 11.8 Å². The highest BCUT2D eigenvalue weighted by Crippen LogP contribution is 2.49. The van der Waals surface area contributed by atoms with Gasteiger partial charge in [0.2, 0.25) is 0 Å². The first-order chi connectivity index (χ1) is 7.25. The number of ketones is 1. The van der Waals surface area contributed by atoms with E-state index < -0.39 is 0 Å². The lowest BCUT2D eigenvalue weighted by Gasteiger charge is -2.08. The lowest BCUT2D eigenvalue weighted by molar-refractivity contribution is -0.118. The molecule has 1 N–H and O–H groups in total. The molecule has 0 bridgehead atoms. The second kappa shape index (κ2) is 3.35. The summed E-state index contributed by atoms with van der Waals surface area (Å²) >= 11 is 1.86. The van der Waals surface area contributed by atoms with E-state index in [9.17, 15) is 4.79 Å². The maximum absolute atomic E-state index is 11.3. The molecule has 1 aromatic carbocycles. The predicted molar refractivity (Wildman–Crippen MR) is 61.0 cm³/mol. The van der Waals surface area contributed by atoms with Gasteiger partial charge < -0.3 is 0 Å². The number of hydrogen-bond acceptors (Lipinski definition) is 3. The van der Waals surface area contributed by atoms with E-state index in [0.29, 0.717) is 11.3 Å². The molecule has 0 amide bonds. The Kier molecular flexibility index (Phi) is 2.11. The van der Waals surface area contributed by atoms with Crippen LogP contribution in [-0.4, -0.2) is 17.2 Å². The Bertz CT molecular complexity index is 418. The van der Waals surface area contributed by atoms with Crippen molar-refractivity contribution in [2.45, 2.75) is 35.6 Å². The number of hydrogen-bond donors (Lipinski definition) is 1. The molecule has 1 fully saturated rings. The fourth-order valence-corrected chi connectivity index (χ4v) is 3.92. The van der Waals surface area contributed by atoms with Crippen molar-refractivity contribution < 1.29 is 4.79 Å². The summed E-state index contributed by atoms with van der Waals surface area (Å²) in [5, 5.41) is 3.83. The number of carbonyl (C=O) groups excluding carboxylic acids is 1. The molecule has 0 saturated carbocycles. The van der Waals surface area contributed by atoms with Crippen molar-refractivity contribution in [2.24, 2.45) is 0 Å². The van der Waals surface area contributed by atoms with Crippen molar-refractivity contribution in [3.63, 3.8) is 0 Å². The van der Waals surface area contributed by atoms with E-state index in [2.05, 4.69) is 29.6 Å². The molecule has 3 rings (SSSR count). The molecule has 3 unspecified atom stereocenters. The van der Waals surface area contributed by atoms with Gasteiger partial charge in [-0.3, -0.25) is 10.1 Å². The summed E-state index contributed by atoms with van der Waals surface area (Å²) in [6.45, 7) is 1.68. The molecular formula is C12H13NOS. The zero-order valence-electron chi connectivity index (χ0n) is 8.57. The molecular weight excluding hydrogens is 206 g/mol. The Morgan fingerprint density at radius 2 is 2.27 bits per heavy atom. The van der Waals surface area contributed by atoms with Crippen LogP contribution in [0.15, 0.2) is 29.2 Å². The number of carbonyl (C=O) groups is 1. The van der Waals surface area contributed by atoms with E-state index in [1.54, 1.807) is 6.92 Å². The molecule has 2 aliphatic rings. The smallest absolute Gasteiger partial charge is 0.146 e. The normalized spacial score (nSPS) is 32.5. The first kappa shape index (κ1) is 9.43. The summed E-state index contributed by atoms with van der Waals surface area (Å²) in [5.74, 6) is 0.794. The van der Waals surface area contributed by atoms with Crippen molar-refractivity contribution in [1.29, 1.82) is 0 Å². The fourth-order valence-electron chi connectivity index (χ4n) is 2.48. The monoisotopic (exact) mass is 219 g/mol. The highest BCUT2D eigenvalue weighted by Gasteiger charge is 2.42. The molecule has 2 nitrogen and oxygen atoms in total. The fraction of sp³-hybridized carbons (Fsp3) is 0.417. The summed E-state index contributed by atoms with van der Waals surface area (Å²) in [7, 11) is 0. The predicted octanol–water partition coefficient (Wildman–Crippen LogP) is 2.15. The number of rotatable bonds is 1. The molecule has 0 aliphatic carbocycles. The third-order valence-electron chi connectivity index (χ3n) is 3.28. The summed E-state index contributed by atoms with van der Waals surface area (Å²) in [6, 6.07) is 8.60. The minimum absolute atomic E-state index is 0.0702. The minimum Gasteiger partial charge on any atom is -0.298 e. The summed E-state index contributed by atoms with van der Waals surface area (Å²) in [4.78, 5) is 12.7. The van der Waals surface area contributed by atoms with Crippen LogP contribution in [0.25, 0.3) is 0 Å². The van der Waals surface area contributed by atoms with E-state index in [0.717, 1.165) is 6.42 Å². The first-order valence-corrected chi connectivity index (χ1v) is 6.16. The Balaban J connectivity index is 1.91. The van der Waals surface area contributed by atoms with Gasteiger partial charge in [-0.2, -0.15) is 0 Å². The Hall–Kier alpha value is -0.800. The van der Waals surface area contributed by atoms with Gasteiger partial charge in [-0.05, 0) is 25.0 Å². The average molecular weight is 219 g/mol. The number of benzene rings is 1. The van der Waals surface area contributed by atoms with Gasteiger partial charge in [-0.25, -0.2) is 0 Å². The maximum atomic E-state index is 11.3. The van der Waals surface area contributed by atoms with Crippen molar-refractivity contribution in [2.75, 3.05) is 0 Å². The van der Waals surface area contributed by atoms with E-state index in [1.165, 1.54) is 10.5 Å². The van der Waals surface area contributed by atoms with Crippen LogP contribution in [0.4, 0.5) is 0 Å². The molecule has 1 saturated heterocycles. The third kappa shape index (κ3) is 1.42. The van der Waals surface area contributed by atoms with Crippen LogP contribution < -0.4 is 5.32 Å². The quantitative estimate of drug-likeness (QED) is 0.784. The Morgan fingerprint density at radius 3 is 3.07 bits per heavy atom. The second-order valence-corrected chi connectivity index (χ2v) is 5.43. The maximum Gasteiger partial charge on any atom is 0.146 e. The minimum atomic E-state index is 0.0702. The largest absolute Gasteiger partial charge is 0.298 e. The lowest BCUT2D eigenvalue weighted by Crippen LogP contribution is -2.32. The molecule has 0 aromatic heterocycles. The van der Waals surface area contributed by atoms with Gasteiger partial charge in [0, 0.05) is 10.8 Å². The SMILES string of the molecule is CC(=O)C1CC2c3ccccc3SC2N1. The van der Waals surface area contributed by atoms with Gasteiger partial charge >= 0.3 is 0 Å². The zero-order valence-corrected chi connectivity index (χ0v) is 9.38. The molecule has 3 heteroatoms. The first-order valence-electron chi connectivity index (χ1n) is 5.28. The molecule has 15 heavy (non-hydrogen) atoms. The van der Waals surface area contributed by atoms with Gasteiger partial charge in [0.1, 0.15) is 5.78 Å². The molecule has 1 aromatic rings. The molecule has 2 heterocycles. The van der Waals surface area contributed by atoms with E-state index in [1.807, 2.05) is 11.8 Å². The number of thioether (sulfide) groups is 1. The van der Waals surface area contributed by atoms with Gasteiger partial charge in [-0.1, -0.05) is 18.2 Å². The van der Waals surface area contributed by atoms with E-state index in [4.69, 9.17) is 0 Å². The van der Waals surface area contributed by atoms with Gasteiger partial charge in [0.15, 0.2) is 0 Å². The molecule has 3 atom stereocenters. The molecule has 0 spiro atoms. The van der Waals surface area contributed by atoms with Crippen molar-refractivity contribution in [1.82, 2.24) is 5.32 Å². The zero-order chi connectivity index (χ0) is 10.4. The van der Waals surface area contributed by atoms with Crippen LogP contribution in [-0.2, 0) is 4.79 Å². The average Bonchev–Trinajstić information content (AvgIpc) is 2.73. The lowest BCUT2D eigenvalue weighted by atomic mass is 9.95. The van der Waals surface area contributed by atoms with Crippen LogP contribution in [0.3, 0.4) is 0 Å². The number of fused-ring (bicyclic) bond motifs is 3. The summed E-state index contributed by atoms with van der Waals surface area (Å²) in [5.41, 5.74) is 1.42. The van der Waals surface area contributed by atoms with E-state index >= 15 is 0 Å². The van der Waals surface area contributed by atoms with Crippen LogP contribution in [0, 0.1) is 0 Å². The van der Waals surface area contributed by atoms with Crippen molar-refractivity contribution in [3.05, 3.63) is 29.8 Å². The Morgan fingerprint density at radius 1 is 1.47 bits per heavy atom. The van der Waals surface area contributed by atoms with Crippen LogP contribution in [0.1, 0.15) is 24.8 Å². The van der Waals surface area contributed by atoms with Gasteiger partial charge in [0.25, 0.3) is 0 Å². The van der Waals surface area contributed by atoms with Crippen LogP contribution in [0.5, 0.6) is 0 Å². The summed E-state index contributed by atoms with van der Waals surface area (Å²) in [6.07, 6.45) is 0.962. The van der Waals surface area contributed by atoms with Crippen molar-refractivity contribution >= 4 is 17.5 Å². The Labute approximate surface area is 93.4 Å². The van der Waals surface area contributed by atoms with Crippen LogP contribution in [0.2, 0.25) is 0 Å². The number of nitrogens with one attached hydrogen (secondary N) is 1. The number of Topliss-reactive ketones (excluding diaryl/α,β-unsaturated/α-hetero) is 1. The summed E-state index contributed by atoms with van der Waals surface area (Å²) < 4.78 is 0. The van der Waals surface area contributed by atoms with Gasteiger partial charge in [0.05, 0.1) is 11.4 Å².